The number of carbonyl (C=O) groups excluding carboxylic acids is 1. The summed E-state index contributed by atoms with van der Waals surface area (Å²) in [4.78, 5) is 32.8. The van der Waals surface area contributed by atoms with Crippen molar-refractivity contribution in [2.75, 3.05) is 20.0 Å². The number of hydrogen-bond acceptors (Lipinski definition) is 8. The molecule has 182 valence electrons. The highest BCUT2D eigenvalue weighted by atomic mass is 79.9. The summed E-state index contributed by atoms with van der Waals surface area (Å²) in [6.45, 7) is 3.72. The van der Waals surface area contributed by atoms with Gasteiger partial charge in [-0.1, -0.05) is 23.5 Å². The number of phenolic OH excluding ortho intramolecular Hbond substituents is 1. The number of hydrogen-bond donors (Lipinski definition) is 1. The highest BCUT2D eigenvalue weighted by Crippen LogP contribution is 2.35. The van der Waals surface area contributed by atoms with Crippen LogP contribution in [-0.4, -0.2) is 35.6 Å². The highest BCUT2D eigenvalue weighted by molar-refractivity contribution is 9.10. The third-order valence-electron chi connectivity index (χ3n) is 5.52. The van der Waals surface area contributed by atoms with Crippen molar-refractivity contribution in [2.24, 2.45) is 4.99 Å². The molecule has 0 saturated carbocycles. The number of esters is 1. The zero-order valence-electron chi connectivity index (χ0n) is 19.5. The van der Waals surface area contributed by atoms with Gasteiger partial charge in [0.2, 0.25) is 0 Å². The minimum absolute atomic E-state index is 0.0190. The van der Waals surface area contributed by atoms with E-state index in [1.165, 1.54) is 18.4 Å². The van der Waals surface area contributed by atoms with E-state index in [1.807, 2.05) is 30.5 Å². The van der Waals surface area contributed by atoms with Gasteiger partial charge in [0.05, 0.1) is 40.0 Å². The molecule has 35 heavy (non-hydrogen) atoms. The molecule has 0 unspecified atom stereocenters. The second-order valence-electron chi connectivity index (χ2n) is 7.63. The van der Waals surface area contributed by atoms with Crippen LogP contribution in [0.5, 0.6) is 11.5 Å². The first-order valence-corrected chi connectivity index (χ1v) is 13.5. The van der Waals surface area contributed by atoms with Crippen molar-refractivity contribution >= 4 is 51.1 Å². The lowest BCUT2D eigenvalue weighted by molar-refractivity contribution is -0.139. The molecule has 1 N–H and O–H groups in total. The average Bonchev–Trinajstić information content (AvgIpc) is 3.14. The maximum atomic E-state index is 13.7. The number of phenols is 1. The van der Waals surface area contributed by atoms with Crippen molar-refractivity contribution in [1.29, 1.82) is 0 Å². The van der Waals surface area contributed by atoms with Crippen molar-refractivity contribution < 1.29 is 19.4 Å². The first-order valence-electron chi connectivity index (χ1n) is 10.7. The Kier molecular flexibility index (Phi) is 7.53. The summed E-state index contributed by atoms with van der Waals surface area (Å²) in [7, 11) is 1.46. The number of thioether (sulfide) groups is 1. The SMILES string of the molecule is CCOC(=O)C1=C(C)N=c2s/c(=C\c3cc(Br)c(O)c(OC)c3)c(=O)n2[C@@H]1c1ccc(SC)cc1. The van der Waals surface area contributed by atoms with Crippen molar-refractivity contribution in [3.63, 3.8) is 0 Å². The summed E-state index contributed by atoms with van der Waals surface area (Å²) < 4.78 is 13.0. The van der Waals surface area contributed by atoms with E-state index < -0.39 is 12.0 Å². The summed E-state index contributed by atoms with van der Waals surface area (Å²) >= 11 is 6.17. The molecule has 1 atom stereocenters. The zero-order chi connectivity index (χ0) is 25.3. The Hall–Kier alpha value is -2.82. The Morgan fingerprint density at radius 3 is 2.66 bits per heavy atom. The molecule has 0 saturated heterocycles. The lowest BCUT2D eigenvalue weighted by Crippen LogP contribution is -2.39. The average molecular weight is 576 g/mol. The zero-order valence-corrected chi connectivity index (χ0v) is 22.7. The van der Waals surface area contributed by atoms with Gasteiger partial charge in [0, 0.05) is 4.90 Å². The van der Waals surface area contributed by atoms with Crippen LogP contribution in [-0.2, 0) is 9.53 Å². The van der Waals surface area contributed by atoms with Crippen LogP contribution >= 0.6 is 39.0 Å². The Balaban J connectivity index is 1.94. The van der Waals surface area contributed by atoms with Crippen molar-refractivity contribution in [3.8, 4) is 11.5 Å². The lowest BCUT2D eigenvalue weighted by atomic mass is 9.96. The first kappa shape index (κ1) is 25.3. The van der Waals surface area contributed by atoms with Gasteiger partial charge >= 0.3 is 5.97 Å². The van der Waals surface area contributed by atoms with Crippen molar-refractivity contribution in [1.82, 2.24) is 4.57 Å². The second kappa shape index (κ2) is 10.4. The predicted octanol–water partition coefficient (Wildman–Crippen LogP) is 4.00. The molecule has 1 aliphatic heterocycles. The number of benzene rings is 2. The van der Waals surface area contributed by atoms with Gasteiger partial charge in [-0.05, 0) is 77.5 Å². The fourth-order valence-electron chi connectivity index (χ4n) is 3.88. The first-order chi connectivity index (χ1) is 16.8. The minimum atomic E-state index is -0.663. The molecular formula is C25H23BrN2O5S2. The number of nitrogens with zero attached hydrogens (tertiary/aromatic N) is 2. The minimum Gasteiger partial charge on any atom is -0.503 e. The number of aromatic nitrogens is 1. The number of ether oxygens (including phenoxy) is 2. The Morgan fingerprint density at radius 2 is 2.03 bits per heavy atom. The van der Waals surface area contributed by atoms with Gasteiger partial charge in [-0.15, -0.1) is 11.8 Å². The highest BCUT2D eigenvalue weighted by Gasteiger charge is 2.33. The van der Waals surface area contributed by atoms with E-state index in [4.69, 9.17) is 9.47 Å². The molecule has 2 heterocycles. The molecule has 0 amide bonds. The molecule has 0 radical (unpaired) electrons. The van der Waals surface area contributed by atoms with Gasteiger partial charge in [0.15, 0.2) is 16.3 Å². The van der Waals surface area contributed by atoms with Crippen LogP contribution in [0.25, 0.3) is 6.08 Å². The topological polar surface area (TPSA) is 90.1 Å². The van der Waals surface area contributed by atoms with E-state index in [9.17, 15) is 14.7 Å². The van der Waals surface area contributed by atoms with Crippen LogP contribution < -0.4 is 19.6 Å². The van der Waals surface area contributed by atoms with E-state index in [-0.39, 0.29) is 23.7 Å². The largest absolute Gasteiger partial charge is 0.503 e. The van der Waals surface area contributed by atoms with Gasteiger partial charge < -0.3 is 14.6 Å². The van der Waals surface area contributed by atoms with Crippen LogP contribution in [0, 0.1) is 0 Å². The summed E-state index contributed by atoms with van der Waals surface area (Å²) in [5.74, 6) is -0.228. The van der Waals surface area contributed by atoms with Gasteiger partial charge in [-0.3, -0.25) is 9.36 Å². The van der Waals surface area contributed by atoms with Gasteiger partial charge in [-0.2, -0.15) is 0 Å². The quantitative estimate of drug-likeness (QED) is 0.353. The van der Waals surface area contributed by atoms with Crippen molar-refractivity contribution in [3.05, 3.63) is 83.0 Å². The third-order valence-corrected chi connectivity index (χ3v) is 7.85. The number of rotatable bonds is 6. The fourth-order valence-corrected chi connectivity index (χ4v) is 5.79. The predicted molar refractivity (Wildman–Crippen MR) is 141 cm³/mol. The van der Waals surface area contributed by atoms with Crippen LogP contribution in [0.15, 0.2) is 66.8 Å². The normalized spacial score (nSPS) is 15.6. The molecule has 1 aromatic heterocycles. The van der Waals surface area contributed by atoms with E-state index >= 15 is 0 Å². The molecule has 4 rings (SSSR count). The molecular weight excluding hydrogens is 552 g/mol. The third kappa shape index (κ3) is 4.82. The summed E-state index contributed by atoms with van der Waals surface area (Å²) in [5, 5.41) is 10.1. The van der Waals surface area contributed by atoms with Gasteiger partial charge in [-0.25, -0.2) is 9.79 Å². The fraction of sp³-hybridized carbons (Fsp3) is 0.240. The molecule has 0 fully saturated rings. The molecule has 0 bridgehead atoms. The molecule has 10 heteroatoms. The Bertz CT molecular complexity index is 1510. The van der Waals surface area contributed by atoms with Gasteiger partial charge in [0.25, 0.3) is 5.56 Å². The smallest absolute Gasteiger partial charge is 0.338 e. The molecule has 1 aliphatic rings. The molecule has 0 aliphatic carbocycles. The van der Waals surface area contributed by atoms with Crippen LogP contribution in [0.3, 0.4) is 0 Å². The number of aromatic hydroxyl groups is 1. The number of halogens is 1. The standard InChI is InChI=1S/C25H23BrN2O5S2/c1-5-33-24(31)20-13(2)27-25-28(21(20)15-6-8-16(34-4)9-7-15)23(30)19(35-25)12-14-10-17(26)22(29)18(11-14)32-3/h6-12,21,29H,5H2,1-4H3/b19-12-/t21-/m1/s1. The number of thiazole rings is 1. The van der Waals surface area contributed by atoms with Gasteiger partial charge in [0.1, 0.15) is 0 Å². The van der Waals surface area contributed by atoms with Crippen LogP contribution in [0.4, 0.5) is 0 Å². The maximum Gasteiger partial charge on any atom is 0.338 e. The monoisotopic (exact) mass is 574 g/mol. The second-order valence-corrected chi connectivity index (χ2v) is 10.4. The van der Waals surface area contributed by atoms with E-state index in [1.54, 1.807) is 48.4 Å². The molecule has 7 nitrogen and oxygen atoms in total. The lowest BCUT2D eigenvalue weighted by Gasteiger charge is -2.24. The summed E-state index contributed by atoms with van der Waals surface area (Å²) in [5.41, 5.74) is 2.05. The number of carbonyl (C=O) groups is 1. The van der Waals surface area contributed by atoms with Crippen LogP contribution in [0.2, 0.25) is 0 Å². The van der Waals surface area contributed by atoms with Crippen LogP contribution in [0.1, 0.15) is 31.0 Å². The number of fused-ring (bicyclic) bond motifs is 1. The molecule has 0 spiro atoms. The van der Waals surface area contributed by atoms with E-state index in [0.717, 1.165) is 10.5 Å². The number of methoxy groups -OCH3 is 1. The van der Waals surface area contributed by atoms with Crippen molar-refractivity contribution in [2.45, 2.75) is 24.8 Å². The van der Waals surface area contributed by atoms with E-state index in [2.05, 4.69) is 20.9 Å². The number of allylic oxidation sites excluding steroid dienone is 1. The summed E-state index contributed by atoms with van der Waals surface area (Å²) in [6, 6.07) is 10.5. The van der Waals surface area contributed by atoms with E-state index in [0.29, 0.717) is 30.6 Å². The Labute approximate surface area is 218 Å². The maximum absolute atomic E-state index is 13.7. The Morgan fingerprint density at radius 1 is 1.31 bits per heavy atom. The molecule has 3 aromatic rings. The summed E-state index contributed by atoms with van der Waals surface area (Å²) in [6.07, 6.45) is 3.71. The molecule has 2 aromatic carbocycles.